The molecule has 0 saturated heterocycles. The van der Waals surface area contributed by atoms with E-state index in [9.17, 15) is 5.11 Å². The number of benzene rings is 1. The Balaban J connectivity index is 1.72. The van der Waals surface area contributed by atoms with Crippen LogP contribution in [0, 0.1) is 36.5 Å². The minimum absolute atomic E-state index is 0.166. The van der Waals surface area contributed by atoms with Gasteiger partial charge in [-0.1, -0.05) is 30.7 Å². The van der Waals surface area contributed by atoms with Crippen molar-refractivity contribution in [3.8, 4) is 0 Å². The first-order valence-corrected chi connectivity index (χ1v) is 8.64. The van der Waals surface area contributed by atoms with Gasteiger partial charge in [-0.2, -0.15) is 0 Å². The van der Waals surface area contributed by atoms with Crippen molar-refractivity contribution < 1.29 is 5.11 Å². The lowest BCUT2D eigenvalue weighted by Crippen LogP contribution is -2.53. The molecule has 114 valence electrons. The fourth-order valence-electron chi connectivity index (χ4n) is 6.58. The molecule has 1 nitrogen and oxygen atoms in total. The van der Waals surface area contributed by atoms with Gasteiger partial charge in [0.15, 0.2) is 0 Å². The molecule has 1 aromatic rings. The summed E-state index contributed by atoms with van der Waals surface area (Å²) < 4.78 is 0. The average Bonchev–Trinajstić information content (AvgIpc) is 2.35. The van der Waals surface area contributed by atoms with Crippen LogP contribution >= 0.6 is 0 Å². The first-order valence-electron chi connectivity index (χ1n) is 8.64. The average molecular weight is 284 g/mol. The maximum atomic E-state index is 11.3. The normalized spacial score (nSPS) is 42.3. The molecule has 3 unspecified atom stereocenters. The zero-order valence-electron chi connectivity index (χ0n) is 13.7. The van der Waals surface area contributed by atoms with Crippen LogP contribution in [0.1, 0.15) is 68.2 Å². The van der Waals surface area contributed by atoms with Crippen molar-refractivity contribution in [3.05, 3.63) is 34.9 Å². The molecule has 4 bridgehead atoms. The van der Waals surface area contributed by atoms with E-state index in [2.05, 4.69) is 39.0 Å². The van der Waals surface area contributed by atoms with E-state index in [4.69, 9.17) is 0 Å². The van der Waals surface area contributed by atoms with E-state index in [1.54, 1.807) is 0 Å². The Morgan fingerprint density at radius 2 is 1.76 bits per heavy atom. The molecule has 1 aromatic carbocycles. The van der Waals surface area contributed by atoms with Crippen LogP contribution in [0.2, 0.25) is 0 Å². The quantitative estimate of drug-likeness (QED) is 0.815. The second kappa shape index (κ2) is 4.35. The predicted molar refractivity (Wildman–Crippen MR) is 86.1 cm³/mol. The first-order chi connectivity index (χ1) is 9.89. The van der Waals surface area contributed by atoms with Crippen molar-refractivity contribution in [1.29, 1.82) is 0 Å². The molecule has 0 aliphatic heterocycles. The fourth-order valence-corrected chi connectivity index (χ4v) is 6.58. The first kappa shape index (κ1) is 13.8. The summed E-state index contributed by atoms with van der Waals surface area (Å²) in [6, 6.07) is 6.56. The van der Waals surface area contributed by atoms with Crippen LogP contribution in [-0.4, -0.2) is 5.11 Å². The highest BCUT2D eigenvalue weighted by molar-refractivity contribution is 5.34. The zero-order valence-corrected chi connectivity index (χ0v) is 13.7. The van der Waals surface area contributed by atoms with E-state index in [-0.39, 0.29) is 11.5 Å². The van der Waals surface area contributed by atoms with E-state index in [0.29, 0.717) is 5.41 Å². The molecule has 4 saturated carbocycles. The van der Waals surface area contributed by atoms with Gasteiger partial charge in [0.25, 0.3) is 0 Å². The molecule has 0 radical (unpaired) electrons. The van der Waals surface area contributed by atoms with E-state index in [1.165, 1.54) is 55.2 Å². The summed E-state index contributed by atoms with van der Waals surface area (Å²) >= 11 is 0. The number of aliphatic hydroxyl groups excluding tert-OH is 1. The Bertz CT molecular complexity index is 559. The lowest BCUT2D eigenvalue weighted by atomic mass is 9.43. The molecule has 1 N–H and O–H groups in total. The Morgan fingerprint density at radius 1 is 1.10 bits per heavy atom. The molecule has 4 aliphatic carbocycles. The van der Waals surface area contributed by atoms with Crippen LogP contribution in [0.5, 0.6) is 0 Å². The van der Waals surface area contributed by atoms with Gasteiger partial charge >= 0.3 is 0 Å². The Kier molecular flexibility index (Phi) is 2.86. The number of rotatable bonds is 2. The van der Waals surface area contributed by atoms with Crippen LogP contribution in [-0.2, 0) is 0 Å². The smallest absolute Gasteiger partial charge is 0.0849 e. The summed E-state index contributed by atoms with van der Waals surface area (Å²) in [5.41, 5.74) is 4.41. The molecule has 0 heterocycles. The third-order valence-electron chi connectivity index (χ3n) is 6.70. The molecule has 5 rings (SSSR count). The lowest BCUT2D eigenvalue weighted by Gasteiger charge is -2.62. The summed E-state index contributed by atoms with van der Waals surface area (Å²) in [5.74, 6) is 1.74. The van der Waals surface area contributed by atoms with Crippen molar-refractivity contribution in [2.45, 2.75) is 65.4 Å². The van der Waals surface area contributed by atoms with Crippen LogP contribution in [0.4, 0.5) is 0 Å². The summed E-state index contributed by atoms with van der Waals surface area (Å²) in [5, 5.41) is 11.3. The predicted octanol–water partition coefficient (Wildman–Crippen LogP) is 4.94. The molecule has 3 atom stereocenters. The maximum Gasteiger partial charge on any atom is 0.0849 e. The Morgan fingerprint density at radius 3 is 2.33 bits per heavy atom. The van der Waals surface area contributed by atoms with Gasteiger partial charge in [0.1, 0.15) is 0 Å². The molecule has 1 heteroatoms. The van der Waals surface area contributed by atoms with Gasteiger partial charge in [-0.05, 0) is 80.8 Å². The van der Waals surface area contributed by atoms with Gasteiger partial charge in [0.2, 0.25) is 0 Å². The topological polar surface area (TPSA) is 20.2 Å². The van der Waals surface area contributed by atoms with Gasteiger partial charge in [-0.3, -0.25) is 0 Å². The van der Waals surface area contributed by atoms with Crippen LogP contribution in [0.15, 0.2) is 18.2 Å². The third-order valence-corrected chi connectivity index (χ3v) is 6.70. The largest absolute Gasteiger partial charge is 0.388 e. The Hall–Kier alpha value is -0.820. The molecule has 0 spiro atoms. The van der Waals surface area contributed by atoms with Crippen LogP contribution < -0.4 is 0 Å². The molecule has 4 fully saturated rings. The highest BCUT2D eigenvalue weighted by Gasteiger charge is 2.58. The number of aliphatic hydroxyl groups is 1. The molecular weight excluding hydrogens is 256 g/mol. The van der Waals surface area contributed by atoms with Gasteiger partial charge in [0.05, 0.1) is 6.10 Å². The molecule has 0 amide bonds. The van der Waals surface area contributed by atoms with Gasteiger partial charge < -0.3 is 5.11 Å². The summed E-state index contributed by atoms with van der Waals surface area (Å²) in [7, 11) is 0. The number of aryl methyl sites for hydroxylation is 2. The van der Waals surface area contributed by atoms with Crippen molar-refractivity contribution in [2.24, 2.45) is 22.7 Å². The maximum absolute atomic E-state index is 11.3. The van der Waals surface area contributed by atoms with Crippen molar-refractivity contribution in [1.82, 2.24) is 0 Å². The highest BCUT2D eigenvalue weighted by Crippen LogP contribution is 2.68. The van der Waals surface area contributed by atoms with Crippen molar-refractivity contribution >= 4 is 0 Å². The second-order valence-electron chi connectivity index (χ2n) is 8.90. The molecule has 4 aliphatic rings. The van der Waals surface area contributed by atoms with Crippen LogP contribution in [0.3, 0.4) is 0 Å². The summed E-state index contributed by atoms with van der Waals surface area (Å²) in [4.78, 5) is 0. The Labute approximate surface area is 128 Å². The van der Waals surface area contributed by atoms with E-state index < -0.39 is 0 Å². The van der Waals surface area contributed by atoms with Crippen LogP contribution in [0.25, 0.3) is 0 Å². The second-order valence-corrected chi connectivity index (χ2v) is 8.90. The minimum Gasteiger partial charge on any atom is -0.388 e. The van der Waals surface area contributed by atoms with E-state index in [1.807, 2.05) is 0 Å². The third kappa shape index (κ3) is 2.08. The minimum atomic E-state index is -0.261. The summed E-state index contributed by atoms with van der Waals surface area (Å²) in [6.45, 7) is 6.77. The fraction of sp³-hybridized carbons (Fsp3) is 0.700. The number of hydrogen-bond acceptors (Lipinski definition) is 1. The van der Waals surface area contributed by atoms with E-state index in [0.717, 1.165) is 11.8 Å². The SMILES string of the molecule is Cc1ccc(C(O)C23CC4CC(CC(C)(C4)C2)C3)c(C)c1. The van der Waals surface area contributed by atoms with Crippen molar-refractivity contribution in [3.63, 3.8) is 0 Å². The summed E-state index contributed by atoms with van der Waals surface area (Å²) in [6.07, 6.45) is 7.73. The lowest BCUT2D eigenvalue weighted by molar-refractivity contribution is -0.155. The molecule has 21 heavy (non-hydrogen) atoms. The van der Waals surface area contributed by atoms with Gasteiger partial charge in [0, 0.05) is 5.41 Å². The van der Waals surface area contributed by atoms with Gasteiger partial charge in [-0.25, -0.2) is 0 Å². The van der Waals surface area contributed by atoms with Crippen molar-refractivity contribution in [2.75, 3.05) is 0 Å². The monoisotopic (exact) mass is 284 g/mol. The number of hydrogen-bond donors (Lipinski definition) is 1. The molecular formula is C20H28O. The van der Waals surface area contributed by atoms with Gasteiger partial charge in [-0.15, -0.1) is 0 Å². The standard InChI is InChI=1S/C20H28O/c1-13-4-5-17(14(2)6-13)18(21)20-10-15-7-16(11-20)9-19(3,8-15)12-20/h4-6,15-16,18,21H,7-12H2,1-3H3. The zero-order chi connectivity index (χ0) is 14.8. The highest BCUT2D eigenvalue weighted by atomic mass is 16.3. The van der Waals surface area contributed by atoms with E-state index >= 15 is 0 Å². The molecule has 0 aromatic heterocycles.